The molecule has 0 aliphatic carbocycles. The highest BCUT2D eigenvalue weighted by molar-refractivity contribution is 7.10. The first-order valence-corrected chi connectivity index (χ1v) is 5.71. The summed E-state index contributed by atoms with van der Waals surface area (Å²) in [5.74, 6) is 5.52. The number of nitrogens with one attached hydrogen (secondary N) is 1. The third-order valence-electron chi connectivity index (χ3n) is 2.00. The van der Waals surface area contributed by atoms with Crippen LogP contribution in [-0.2, 0) is 0 Å². The van der Waals surface area contributed by atoms with Gasteiger partial charge in [0.05, 0.1) is 23.6 Å². The van der Waals surface area contributed by atoms with Gasteiger partial charge in [0, 0.05) is 4.88 Å². The lowest BCUT2D eigenvalue weighted by Gasteiger charge is -2.11. The van der Waals surface area contributed by atoms with Crippen molar-refractivity contribution in [1.29, 1.82) is 0 Å². The van der Waals surface area contributed by atoms with Crippen molar-refractivity contribution in [2.75, 3.05) is 0 Å². The summed E-state index contributed by atoms with van der Waals surface area (Å²) in [6.45, 7) is 2.07. The van der Waals surface area contributed by atoms with E-state index in [0.29, 0.717) is 0 Å². The van der Waals surface area contributed by atoms with E-state index in [1.165, 1.54) is 22.2 Å². The number of nitrogens with two attached hydrogens (primary N) is 1. The SMILES string of the molecule is Cc1ccsc1C(NN)c1cnsn1. The summed E-state index contributed by atoms with van der Waals surface area (Å²) in [6, 6.07) is 2.04. The molecule has 2 heterocycles. The second-order valence-electron chi connectivity index (χ2n) is 2.90. The van der Waals surface area contributed by atoms with Crippen molar-refractivity contribution >= 4 is 23.1 Å². The van der Waals surface area contributed by atoms with Gasteiger partial charge in [-0.3, -0.25) is 5.84 Å². The average Bonchev–Trinajstić information content (AvgIpc) is 2.80. The van der Waals surface area contributed by atoms with E-state index in [4.69, 9.17) is 5.84 Å². The van der Waals surface area contributed by atoms with Gasteiger partial charge >= 0.3 is 0 Å². The standard InChI is InChI=1S/C8H10N4S2/c1-5-2-3-13-8(5)7(11-9)6-4-10-14-12-6/h2-4,7,11H,9H2,1H3. The Morgan fingerprint density at radius 2 is 2.43 bits per heavy atom. The van der Waals surface area contributed by atoms with Gasteiger partial charge in [-0.15, -0.1) is 11.3 Å². The molecule has 0 spiro atoms. The zero-order valence-corrected chi connectivity index (χ0v) is 9.23. The predicted octanol–water partition coefficient (Wildman–Crippen LogP) is 1.46. The molecule has 0 saturated heterocycles. The van der Waals surface area contributed by atoms with E-state index in [9.17, 15) is 0 Å². The third kappa shape index (κ3) is 1.69. The number of aromatic nitrogens is 2. The van der Waals surface area contributed by atoms with E-state index >= 15 is 0 Å². The van der Waals surface area contributed by atoms with E-state index < -0.39 is 0 Å². The van der Waals surface area contributed by atoms with Gasteiger partial charge in [-0.2, -0.15) is 8.75 Å². The maximum atomic E-state index is 5.52. The number of hydrazine groups is 1. The van der Waals surface area contributed by atoms with Crippen LogP contribution in [0.4, 0.5) is 0 Å². The number of rotatable bonds is 3. The Hall–Kier alpha value is -0.820. The minimum atomic E-state index is -0.0336. The van der Waals surface area contributed by atoms with Crippen LogP contribution in [0.3, 0.4) is 0 Å². The van der Waals surface area contributed by atoms with Crippen molar-refractivity contribution in [3.63, 3.8) is 0 Å². The Bertz CT molecular complexity index is 395. The first-order valence-electron chi connectivity index (χ1n) is 4.10. The van der Waals surface area contributed by atoms with Crippen LogP contribution in [0.1, 0.15) is 22.2 Å². The van der Waals surface area contributed by atoms with Crippen LogP contribution in [0.15, 0.2) is 17.6 Å². The summed E-state index contributed by atoms with van der Waals surface area (Å²) in [7, 11) is 0. The van der Waals surface area contributed by atoms with Crippen molar-refractivity contribution < 1.29 is 0 Å². The van der Waals surface area contributed by atoms with Crippen LogP contribution < -0.4 is 11.3 Å². The van der Waals surface area contributed by atoms with Crippen molar-refractivity contribution in [2.24, 2.45) is 5.84 Å². The monoisotopic (exact) mass is 226 g/mol. The number of nitrogens with zero attached hydrogens (tertiary/aromatic N) is 2. The van der Waals surface area contributed by atoms with Gasteiger partial charge in [0.25, 0.3) is 0 Å². The van der Waals surface area contributed by atoms with Gasteiger partial charge in [-0.25, -0.2) is 5.43 Å². The van der Waals surface area contributed by atoms with Gasteiger partial charge in [0.15, 0.2) is 0 Å². The van der Waals surface area contributed by atoms with Gasteiger partial charge in [-0.1, -0.05) is 0 Å². The molecule has 0 aromatic carbocycles. The molecule has 6 heteroatoms. The molecule has 0 amide bonds. The lowest BCUT2D eigenvalue weighted by atomic mass is 10.1. The smallest absolute Gasteiger partial charge is 0.100 e. The van der Waals surface area contributed by atoms with Crippen LogP contribution in [-0.4, -0.2) is 8.75 Å². The molecule has 3 N–H and O–H groups in total. The number of thiophene rings is 1. The highest BCUT2D eigenvalue weighted by Crippen LogP contribution is 2.27. The third-order valence-corrected chi connectivity index (χ3v) is 3.58. The molecule has 2 aromatic heterocycles. The molecular weight excluding hydrogens is 216 g/mol. The molecule has 4 nitrogen and oxygen atoms in total. The summed E-state index contributed by atoms with van der Waals surface area (Å²) in [6.07, 6.45) is 1.74. The Balaban J connectivity index is 2.36. The molecule has 0 aliphatic rings. The van der Waals surface area contributed by atoms with Crippen molar-refractivity contribution in [3.05, 3.63) is 33.8 Å². The Morgan fingerprint density at radius 3 is 2.93 bits per heavy atom. The van der Waals surface area contributed by atoms with E-state index in [0.717, 1.165) is 5.69 Å². The molecule has 74 valence electrons. The van der Waals surface area contributed by atoms with Crippen LogP contribution in [0.5, 0.6) is 0 Å². The highest BCUT2D eigenvalue weighted by atomic mass is 32.1. The fourth-order valence-electron chi connectivity index (χ4n) is 1.27. The van der Waals surface area contributed by atoms with Crippen molar-refractivity contribution in [1.82, 2.24) is 14.2 Å². The molecule has 2 aromatic rings. The molecule has 0 saturated carbocycles. The Labute approximate surface area is 90.1 Å². The minimum absolute atomic E-state index is 0.0336. The molecule has 0 bridgehead atoms. The molecule has 2 rings (SSSR count). The van der Waals surface area contributed by atoms with E-state index in [1.807, 2.05) is 0 Å². The Morgan fingerprint density at radius 1 is 1.57 bits per heavy atom. The number of aryl methyl sites for hydroxylation is 1. The first kappa shape index (κ1) is 9.72. The molecular formula is C8H10N4S2. The summed E-state index contributed by atoms with van der Waals surface area (Å²) in [5.41, 5.74) is 4.87. The van der Waals surface area contributed by atoms with Crippen LogP contribution in [0.2, 0.25) is 0 Å². The quantitative estimate of drug-likeness (QED) is 0.614. The lowest BCUT2D eigenvalue weighted by molar-refractivity contribution is 0.632. The first-order chi connectivity index (χ1) is 6.83. The summed E-state index contributed by atoms with van der Waals surface area (Å²) >= 11 is 2.87. The van der Waals surface area contributed by atoms with Crippen molar-refractivity contribution in [3.8, 4) is 0 Å². The molecule has 1 atom stereocenters. The highest BCUT2D eigenvalue weighted by Gasteiger charge is 2.17. The maximum Gasteiger partial charge on any atom is 0.100 e. The number of hydrogen-bond acceptors (Lipinski definition) is 6. The fourth-order valence-corrected chi connectivity index (χ4v) is 2.72. The molecule has 0 aliphatic heterocycles. The Kier molecular flexibility index (Phi) is 2.87. The lowest BCUT2D eigenvalue weighted by Crippen LogP contribution is -2.28. The van der Waals surface area contributed by atoms with Gasteiger partial charge < -0.3 is 0 Å². The molecule has 1 unspecified atom stereocenters. The topological polar surface area (TPSA) is 63.8 Å². The zero-order chi connectivity index (χ0) is 9.97. The van der Waals surface area contributed by atoms with Crippen LogP contribution >= 0.6 is 23.1 Å². The zero-order valence-electron chi connectivity index (χ0n) is 7.60. The number of hydrogen-bond donors (Lipinski definition) is 2. The van der Waals surface area contributed by atoms with Crippen LogP contribution in [0.25, 0.3) is 0 Å². The molecule has 0 radical (unpaired) electrons. The van der Waals surface area contributed by atoms with E-state index in [2.05, 4.69) is 32.5 Å². The van der Waals surface area contributed by atoms with Gasteiger partial charge in [0.2, 0.25) is 0 Å². The molecule has 14 heavy (non-hydrogen) atoms. The predicted molar refractivity (Wildman–Crippen MR) is 58.1 cm³/mol. The second kappa shape index (κ2) is 4.14. The van der Waals surface area contributed by atoms with E-state index in [1.54, 1.807) is 17.5 Å². The van der Waals surface area contributed by atoms with Gasteiger partial charge in [0.1, 0.15) is 6.04 Å². The maximum absolute atomic E-state index is 5.52. The minimum Gasteiger partial charge on any atom is -0.270 e. The summed E-state index contributed by atoms with van der Waals surface area (Å²) in [4.78, 5) is 1.19. The summed E-state index contributed by atoms with van der Waals surface area (Å²) in [5, 5.41) is 2.05. The van der Waals surface area contributed by atoms with Crippen molar-refractivity contribution in [2.45, 2.75) is 13.0 Å². The summed E-state index contributed by atoms with van der Waals surface area (Å²) < 4.78 is 8.15. The van der Waals surface area contributed by atoms with Crippen LogP contribution in [0, 0.1) is 6.92 Å². The van der Waals surface area contributed by atoms with E-state index in [-0.39, 0.29) is 6.04 Å². The van der Waals surface area contributed by atoms with Gasteiger partial charge in [-0.05, 0) is 23.9 Å². The molecule has 0 fully saturated rings. The average molecular weight is 226 g/mol. The fraction of sp³-hybridized carbons (Fsp3) is 0.250. The second-order valence-corrected chi connectivity index (χ2v) is 4.40. The largest absolute Gasteiger partial charge is 0.270 e. The normalized spacial score (nSPS) is 13.0.